The summed E-state index contributed by atoms with van der Waals surface area (Å²) in [6, 6.07) is 8.14. The first kappa shape index (κ1) is 13.4. The van der Waals surface area contributed by atoms with Gasteiger partial charge in [-0.2, -0.15) is 0 Å². The zero-order valence-electron chi connectivity index (χ0n) is 10.6. The first-order valence-corrected chi connectivity index (χ1v) is 7.48. The molecule has 0 unspecified atom stereocenters. The minimum atomic E-state index is 0.0961. The molecule has 0 bridgehead atoms. The van der Waals surface area contributed by atoms with E-state index in [0.29, 0.717) is 12.3 Å². The van der Waals surface area contributed by atoms with E-state index in [0.717, 1.165) is 31.7 Å². The lowest BCUT2D eigenvalue weighted by Crippen LogP contribution is -2.30. The van der Waals surface area contributed by atoms with Gasteiger partial charge in [-0.3, -0.25) is 4.79 Å². The zero-order valence-corrected chi connectivity index (χ0v) is 11.5. The van der Waals surface area contributed by atoms with Gasteiger partial charge in [0.15, 0.2) is 0 Å². The van der Waals surface area contributed by atoms with Crippen molar-refractivity contribution in [1.29, 1.82) is 0 Å². The lowest BCUT2D eigenvalue weighted by atomic mass is 10.1. The average Bonchev–Trinajstić information content (AvgIpc) is 2.90. The molecule has 0 saturated carbocycles. The van der Waals surface area contributed by atoms with E-state index in [-0.39, 0.29) is 5.91 Å². The third kappa shape index (κ3) is 4.03. The van der Waals surface area contributed by atoms with Crippen LogP contribution in [-0.4, -0.2) is 31.9 Å². The lowest BCUT2D eigenvalue weighted by Gasteiger charge is -2.09. The molecular formula is C14H19NO2S. The Morgan fingerprint density at radius 3 is 2.83 bits per heavy atom. The molecule has 1 fully saturated rings. The van der Waals surface area contributed by atoms with Crippen molar-refractivity contribution >= 4 is 17.7 Å². The first-order chi connectivity index (χ1) is 8.78. The summed E-state index contributed by atoms with van der Waals surface area (Å²) in [5, 5.41) is 2.98. The van der Waals surface area contributed by atoms with E-state index in [1.165, 1.54) is 4.90 Å². The van der Waals surface area contributed by atoms with Crippen LogP contribution in [0.25, 0.3) is 0 Å². The summed E-state index contributed by atoms with van der Waals surface area (Å²) < 4.78 is 5.28. The highest BCUT2D eigenvalue weighted by molar-refractivity contribution is 7.98. The fourth-order valence-electron chi connectivity index (χ4n) is 1.99. The summed E-state index contributed by atoms with van der Waals surface area (Å²) in [7, 11) is 0. The van der Waals surface area contributed by atoms with Gasteiger partial charge in [0.1, 0.15) is 0 Å². The molecule has 1 heterocycles. The number of carbonyl (C=O) groups is 1. The van der Waals surface area contributed by atoms with Crippen molar-refractivity contribution in [2.45, 2.75) is 17.7 Å². The summed E-state index contributed by atoms with van der Waals surface area (Å²) in [6.45, 7) is 2.35. The maximum atomic E-state index is 11.8. The molecule has 0 radical (unpaired) electrons. The van der Waals surface area contributed by atoms with Crippen LogP contribution in [0.1, 0.15) is 12.0 Å². The Morgan fingerprint density at radius 2 is 2.22 bits per heavy atom. The van der Waals surface area contributed by atoms with Crippen LogP contribution in [0, 0.1) is 5.92 Å². The van der Waals surface area contributed by atoms with E-state index in [1.54, 1.807) is 11.8 Å². The topological polar surface area (TPSA) is 38.3 Å². The van der Waals surface area contributed by atoms with Crippen LogP contribution in [-0.2, 0) is 16.0 Å². The average molecular weight is 265 g/mol. The van der Waals surface area contributed by atoms with E-state index < -0.39 is 0 Å². The van der Waals surface area contributed by atoms with Gasteiger partial charge in [0, 0.05) is 24.0 Å². The van der Waals surface area contributed by atoms with Gasteiger partial charge in [-0.05, 0) is 30.4 Å². The number of benzene rings is 1. The number of hydrogen-bond donors (Lipinski definition) is 1. The van der Waals surface area contributed by atoms with Crippen LogP contribution in [0.5, 0.6) is 0 Å². The molecule has 0 spiro atoms. The fourth-order valence-corrected chi connectivity index (χ4v) is 2.40. The van der Waals surface area contributed by atoms with Crippen LogP contribution in [0.3, 0.4) is 0 Å². The maximum absolute atomic E-state index is 11.8. The standard InChI is InChI=1S/C14H19NO2S/c1-18-13-4-2-11(3-5-13)8-14(16)15-9-12-6-7-17-10-12/h2-5,12H,6-10H2,1H3,(H,15,16)/t12-/m1/s1. The van der Waals surface area contributed by atoms with Crippen molar-refractivity contribution in [2.75, 3.05) is 26.0 Å². The number of hydrogen-bond acceptors (Lipinski definition) is 3. The summed E-state index contributed by atoms with van der Waals surface area (Å²) in [5.41, 5.74) is 1.06. The minimum absolute atomic E-state index is 0.0961. The Morgan fingerprint density at radius 1 is 1.44 bits per heavy atom. The van der Waals surface area contributed by atoms with Crippen LogP contribution in [0.4, 0.5) is 0 Å². The normalized spacial score (nSPS) is 18.8. The van der Waals surface area contributed by atoms with Crippen LogP contribution in [0.15, 0.2) is 29.2 Å². The van der Waals surface area contributed by atoms with Crippen molar-refractivity contribution in [3.8, 4) is 0 Å². The van der Waals surface area contributed by atoms with Gasteiger partial charge in [-0.15, -0.1) is 11.8 Å². The van der Waals surface area contributed by atoms with Gasteiger partial charge >= 0.3 is 0 Å². The number of amides is 1. The van der Waals surface area contributed by atoms with Gasteiger partial charge in [0.05, 0.1) is 13.0 Å². The Hall–Kier alpha value is -1.00. The van der Waals surface area contributed by atoms with Crippen LogP contribution >= 0.6 is 11.8 Å². The molecule has 18 heavy (non-hydrogen) atoms. The molecule has 0 aromatic heterocycles. The molecule has 1 N–H and O–H groups in total. The molecule has 0 aliphatic carbocycles. The number of thioether (sulfide) groups is 1. The van der Waals surface area contributed by atoms with E-state index in [9.17, 15) is 4.79 Å². The smallest absolute Gasteiger partial charge is 0.224 e. The van der Waals surface area contributed by atoms with E-state index in [2.05, 4.69) is 17.4 Å². The van der Waals surface area contributed by atoms with E-state index in [4.69, 9.17) is 4.74 Å². The van der Waals surface area contributed by atoms with Crippen LogP contribution in [0.2, 0.25) is 0 Å². The molecule has 4 heteroatoms. The predicted octanol–water partition coefficient (Wildman–Crippen LogP) is 2.10. The largest absolute Gasteiger partial charge is 0.381 e. The molecule has 1 amide bonds. The highest BCUT2D eigenvalue weighted by Gasteiger charge is 2.16. The Bertz CT molecular complexity index is 385. The zero-order chi connectivity index (χ0) is 12.8. The maximum Gasteiger partial charge on any atom is 0.224 e. The Kier molecular flexibility index (Phi) is 5.08. The Balaban J connectivity index is 1.75. The van der Waals surface area contributed by atoms with Gasteiger partial charge in [0.2, 0.25) is 5.91 Å². The minimum Gasteiger partial charge on any atom is -0.381 e. The van der Waals surface area contributed by atoms with Crippen molar-refractivity contribution in [1.82, 2.24) is 5.32 Å². The quantitative estimate of drug-likeness (QED) is 0.829. The monoisotopic (exact) mass is 265 g/mol. The highest BCUT2D eigenvalue weighted by atomic mass is 32.2. The number of ether oxygens (including phenoxy) is 1. The number of rotatable bonds is 5. The molecular weight excluding hydrogens is 246 g/mol. The van der Waals surface area contributed by atoms with Gasteiger partial charge < -0.3 is 10.1 Å². The summed E-state index contributed by atoms with van der Waals surface area (Å²) in [4.78, 5) is 13.0. The summed E-state index contributed by atoms with van der Waals surface area (Å²) in [5.74, 6) is 0.589. The predicted molar refractivity (Wildman–Crippen MR) is 73.9 cm³/mol. The second kappa shape index (κ2) is 6.81. The third-order valence-corrected chi connectivity index (χ3v) is 3.88. The number of carbonyl (C=O) groups excluding carboxylic acids is 1. The van der Waals surface area contributed by atoms with Crippen LogP contribution < -0.4 is 5.32 Å². The second-order valence-electron chi connectivity index (χ2n) is 4.56. The first-order valence-electron chi connectivity index (χ1n) is 6.25. The molecule has 1 aromatic rings. The van der Waals surface area contributed by atoms with Crippen molar-refractivity contribution in [2.24, 2.45) is 5.92 Å². The van der Waals surface area contributed by atoms with E-state index in [1.807, 2.05) is 18.4 Å². The summed E-state index contributed by atoms with van der Waals surface area (Å²) in [6.07, 6.45) is 3.57. The molecule has 1 aliphatic rings. The lowest BCUT2D eigenvalue weighted by molar-refractivity contribution is -0.120. The van der Waals surface area contributed by atoms with Gasteiger partial charge in [0.25, 0.3) is 0 Å². The van der Waals surface area contributed by atoms with Gasteiger partial charge in [-0.1, -0.05) is 12.1 Å². The second-order valence-corrected chi connectivity index (χ2v) is 5.44. The highest BCUT2D eigenvalue weighted by Crippen LogP contribution is 2.15. The van der Waals surface area contributed by atoms with Crippen molar-refractivity contribution < 1.29 is 9.53 Å². The number of nitrogens with one attached hydrogen (secondary N) is 1. The van der Waals surface area contributed by atoms with E-state index >= 15 is 0 Å². The third-order valence-electron chi connectivity index (χ3n) is 3.14. The Labute approximate surface area is 112 Å². The fraction of sp³-hybridized carbons (Fsp3) is 0.500. The summed E-state index contributed by atoms with van der Waals surface area (Å²) >= 11 is 1.71. The molecule has 3 nitrogen and oxygen atoms in total. The van der Waals surface area contributed by atoms with Gasteiger partial charge in [-0.25, -0.2) is 0 Å². The van der Waals surface area contributed by atoms with Crippen molar-refractivity contribution in [3.05, 3.63) is 29.8 Å². The molecule has 1 atom stereocenters. The molecule has 98 valence electrons. The SMILES string of the molecule is CSc1ccc(CC(=O)NC[C@H]2CCOC2)cc1. The van der Waals surface area contributed by atoms with Crippen molar-refractivity contribution in [3.63, 3.8) is 0 Å². The molecule has 1 aromatic carbocycles. The molecule has 1 aliphatic heterocycles. The molecule has 1 saturated heterocycles. The molecule has 2 rings (SSSR count).